The molecule has 3 rings (SSSR count). The molecule has 0 bridgehead atoms. The lowest BCUT2D eigenvalue weighted by molar-refractivity contribution is 0.251. The Labute approximate surface area is 137 Å². The normalized spacial score (nSPS) is 10.3. The van der Waals surface area contributed by atoms with Crippen molar-refractivity contribution in [3.8, 4) is 10.6 Å². The van der Waals surface area contributed by atoms with Crippen molar-refractivity contribution in [1.29, 1.82) is 0 Å². The summed E-state index contributed by atoms with van der Waals surface area (Å²) < 4.78 is 0. The van der Waals surface area contributed by atoms with Gasteiger partial charge in [-0.05, 0) is 19.1 Å². The van der Waals surface area contributed by atoms with Crippen LogP contribution in [0.25, 0.3) is 10.6 Å². The Morgan fingerprint density at radius 3 is 2.70 bits per heavy atom. The molecule has 0 aliphatic rings. The van der Waals surface area contributed by atoms with Crippen molar-refractivity contribution in [3.63, 3.8) is 0 Å². The standard InChI is InChI=1S/C16H15N5OS/c1-11-6-5-9-13(18-11)19-16(22)17-10-14-20-21-15(23-14)12-7-3-2-4-8-12/h2-9H,10H2,1H3,(H2,17,18,19,22). The Kier molecular flexibility index (Phi) is 4.58. The molecule has 2 N–H and O–H groups in total. The van der Waals surface area contributed by atoms with Crippen molar-refractivity contribution in [2.75, 3.05) is 5.32 Å². The molecule has 0 spiro atoms. The van der Waals surface area contributed by atoms with Crippen LogP contribution < -0.4 is 10.6 Å². The number of carbonyl (C=O) groups is 1. The molecule has 7 heteroatoms. The molecule has 1 aromatic carbocycles. The molecular formula is C16H15N5OS. The number of anilines is 1. The van der Waals surface area contributed by atoms with Gasteiger partial charge in [-0.3, -0.25) is 5.32 Å². The Hall–Kier alpha value is -2.80. The van der Waals surface area contributed by atoms with Crippen molar-refractivity contribution in [2.45, 2.75) is 13.5 Å². The van der Waals surface area contributed by atoms with Gasteiger partial charge in [0.15, 0.2) is 0 Å². The van der Waals surface area contributed by atoms with Gasteiger partial charge in [0.25, 0.3) is 0 Å². The second-order valence-electron chi connectivity index (χ2n) is 4.84. The number of benzene rings is 1. The van der Waals surface area contributed by atoms with E-state index in [4.69, 9.17) is 0 Å². The van der Waals surface area contributed by atoms with E-state index < -0.39 is 0 Å². The fourth-order valence-electron chi connectivity index (χ4n) is 1.95. The number of nitrogens with zero attached hydrogens (tertiary/aromatic N) is 3. The first-order valence-electron chi connectivity index (χ1n) is 7.07. The first-order valence-corrected chi connectivity index (χ1v) is 7.89. The molecule has 0 unspecified atom stereocenters. The van der Waals surface area contributed by atoms with Crippen LogP contribution in [-0.4, -0.2) is 21.2 Å². The van der Waals surface area contributed by atoms with Crippen molar-refractivity contribution < 1.29 is 4.79 Å². The summed E-state index contributed by atoms with van der Waals surface area (Å²) >= 11 is 1.46. The van der Waals surface area contributed by atoms with Crippen LogP contribution in [0.2, 0.25) is 0 Å². The van der Waals surface area contributed by atoms with E-state index in [1.54, 1.807) is 6.07 Å². The van der Waals surface area contributed by atoms with E-state index in [2.05, 4.69) is 25.8 Å². The van der Waals surface area contributed by atoms with Crippen LogP contribution in [0, 0.1) is 6.92 Å². The SMILES string of the molecule is Cc1cccc(NC(=O)NCc2nnc(-c3ccccc3)s2)n1. The fraction of sp³-hybridized carbons (Fsp3) is 0.125. The van der Waals surface area contributed by atoms with E-state index in [1.807, 2.05) is 49.4 Å². The molecule has 0 atom stereocenters. The molecule has 116 valence electrons. The number of amides is 2. The second-order valence-corrected chi connectivity index (χ2v) is 5.90. The molecule has 2 aromatic heterocycles. The van der Waals surface area contributed by atoms with Gasteiger partial charge in [0.2, 0.25) is 0 Å². The number of aromatic nitrogens is 3. The highest BCUT2D eigenvalue weighted by atomic mass is 32.1. The molecular weight excluding hydrogens is 310 g/mol. The fourth-order valence-corrected chi connectivity index (χ4v) is 2.74. The van der Waals surface area contributed by atoms with Crippen LogP contribution in [0.4, 0.5) is 10.6 Å². The van der Waals surface area contributed by atoms with Crippen molar-refractivity contribution in [3.05, 3.63) is 59.2 Å². The molecule has 2 amide bonds. The van der Waals surface area contributed by atoms with Gasteiger partial charge in [-0.2, -0.15) is 0 Å². The van der Waals surface area contributed by atoms with Crippen LogP contribution in [-0.2, 0) is 6.54 Å². The van der Waals surface area contributed by atoms with E-state index >= 15 is 0 Å². The van der Waals surface area contributed by atoms with Gasteiger partial charge >= 0.3 is 6.03 Å². The molecule has 23 heavy (non-hydrogen) atoms. The molecule has 6 nitrogen and oxygen atoms in total. The lowest BCUT2D eigenvalue weighted by Crippen LogP contribution is -2.28. The van der Waals surface area contributed by atoms with E-state index in [0.29, 0.717) is 12.4 Å². The largest absolute Gasteiger partial charge is 0.331 e. The Morgan fingerprint density at radius 2 is 1.91 bits per heavy atom. The summed E-state index contributed by atoms with van der Waals surface area (Å²) in [5.41, 5.74) is 1.86. The zero-order chi connectivity index (χ0) is 16.1. The van der Waals surface area contributed by atoms with Crippen molar-refractivity contribution in [1.82, 2.24) is 20.5 Å². The smallest absolute Gasteiger partial charge is 0.320 e. The van der Waals surface area contributed by atoms with E-state index in [9.17, 15) is 4.79 Å². The molecule has 3 aromatic rings. The van der Waals surface area contributed by atoms with Gasteiger partial charge in [-0.25, -0.2) is 9.78 Å². The summed E-state index contributed by atoms with van der Waals surface area (Å²) in [5, 5.41) is 15.3. The van der Waals surface area contributed by atoms with Crippen LogP contribution in [0.5, 0.6) is 0 Å². The van der Waals surface area contributed by atoms with E-state index in [0.717, 1.165) is 21.3 Å². The van der Waals surface area contributed by atoms with Gasteiger partial charge in [0.1, 0.15) is 15.8 Å². The van der Waals surface area contributed by atoms with Gasteiger partial charge < -0.3 is 5.32 Å². The molecule has 0 aliphatic carbocycles. The monoisotopic (exact) mass is 325 g/mol. The predicted octanol–water partition coefficient (Wildman–Crippen LogP) is 3.23. The van der Waals surface area contributed by atoms with Gasteiger partial charge in [0, 0.05) is 11.3 Å². The highest BCUT2D eigenvalue weighted by molar-refractivity contribution is 7.14. The molecule has 0 saturated heterocycles. The average molecular weight is 325 g/mol. The first kappa shape index (κ1) is 15.1. The lowest BCUT2D eigenvalue weighted by atomic mass is 10.2. The molecule has 0 fully saturated rings. The summed E-state index contributed by atoms with van der Waals surface area (Å²) in [6.45, 7) is 2.19. The predicted molar refractivity (Wildman–Crippen MR) is 90.2 cm³/mol. The van der Waals surface area contributed by atoms with Crippen molar-refractivity contribution in [2.24, 2.45) is 0 Å². The zero-order valence-electron chi connectivity index (χ0n) is 12.5. The summed E-state index contributed by atoms with van der Waals surface area (Å²) in [4.78, 5) is 16.1. The third-order valence-electron chi connectivity index (χ3n) is 3.02. The number of nitrogens with one attached hydrogen (secondary N) is 2. The third kappa shape index (κ3) is 4.10. The van der Waals surface area contributed by atoms with E-state index in [-0.39, 0.29) is 6.03 Å². The first-order chi connectivity index (χ1) is 11.2. The maximum absolute atomic E-state index is 11.9. The number of aryl methyl sites for hydroxylation is 1. The third-order valence-corrected chi connectivity index (χ3v) is 3.99. The summed E-state index contributed by atoms with van der Waals surface area (Å²) in [6.07, 6.45) is 0. The summed E-state index contributed by atoms with van der Waals surface area (Å²) in [7, 11) is 0. The number of urea groups is 1. The molecule has 2 heterocycles. The average Bonchev–Trinajstić information content (AvgIpc) is 3.03. The van der Waals surface area contributed by atoms with Crippen LogP contribution in [0.3, 0.4) is 0 Å². The number of carbonyl (C=O) groups excluding carboxylic acids is 1. The molecule has 0 saturated carbocycles. The maximum atomic E-state index is 11.9. The number of pyridine rings is 1. The minimum Gasteiger partial charge on any atom is -0.331 e. The molecule has 0 aliphatic heterocycles. The topological polar surface area (TPSA) is 79.8 Å². The van der Waals surface area contributed by atoms with Crippen molar-refractivity contribution >= 4 is 23.2 Å². The highest BCUT2D eigenvalue weighted by Gasteiger charge is 2.08. The van der Waals surface area contributed by atoms with Crippen LogP contribution >= 0.6 is 11.3 Å². The van der Waals surface area contributed by atoms with Crippen LogP contribution in [0.15, 0.2) is 48.5 Å². The summed E-state index contributed by atoms with van der Waals surface area (Å²) in [6, 6.07) is 15.0. The minimum atomic E-state index is -0.320. The zero-order valence-corrected chi connectivity index (χ0v) is 13.3. The molecule has 0 radical (unpaired) electrons. The second kappa shape index (κ2) is 6.97. The van der Waals surface area contributed by atoms with Crippen LogP contribution in [0.1, 0.15) is 10.7 Å². The van der Waals surface area contributed by atoms with Gasteiger partial charge in [-0.15, -0.1) is 10.2 Å². The highest BCUT2D eigenvalue weighted by Crippen LogP contribution is 2.22. The maximum Gasteiger partial charge on any atom is 0.320 e. The Balaban J connectivity index is 1.56. The van der Waals surface area contributed by atoms with Gasteiger partial charge in [0.05, 0.1) is 6.54 Å². The lowest BCUT2D eigenvalue weighted by Gasteiger charge is -2.05. The quantitative estimate of drug-likeness (QED) is 0.772. The number of hydrogen-bond acceptors (Lipinski definition) is 5. The van der Waals surface area contributed by atoms with Gasteiger partial charge in [-0.1, -0.05) is 47.7 Å². The Morgan fingerprint density at radius 1 is 1.09 bits per heavy atom. The summed E-state index contributed by atoms with van der Waals surface area (Å²) in [5.74, 6) is 0.518. The number of hydrogen-bond donors (Lipinski definition) is 2. The van der Waals surface area contributed by atoms with E-state index in [1.165, 1.54) is 11.3 Å². The minimum absolute atomic E-state index is 0.320. The Bertz CT molecular complexity index is 803. The number of rotatable bonds is 4.